The first-order chi connectivity index (χ1) is 8.63. The van der Waals surface area contributed by atoms with Crippen LogP contribution in [-0.4, -0.2) is 32.7 Å². The van der Waals surface area contributed by atoms with Crippen molar-refractivity contribution in [2.45, 2.75) is 13.3 Å². The number of rotatable bonds is 7. The van der Waals surface area contributed by atoms with Crippen molar-refractivity contribution in [2.24, 2.45) is 0 Å². The number of benzene rings is 1. The lowest BCUT2D eigenvalue weighted by atomic mass is 10.2. The zero-order valence-corrected chi connectivity index (χ0v) is 10.8. The summed E-state index contributed by atoms with van der Waals surface area (Å²) in [6.45, 7) is 3.10. The van der Waals surface area contributed by atoms with Crippen LogP contribution in [-0.2, 0) is 9.53 Å². The average molecular weight is 254 g/mol. The third-order valence-electron chi connectivity index (χ3n) is 2.41. The van der Waals surface area contributed by atoms with Gasteiger partial charge in [-0.05, 0) is 31.0 Å². The molecule has 0 fully saturated rings. The molecule has 0 spiro atoms. The Morgan fingerprint density at radius 3 is 2.94 bits per heavy atom. The van der Waals surface area contributed by atoms with E-state index in [0.717, 1.165) is 12.0 Å². The first-order valence-electron chi connectivity index (χ1n) is 5.89. The fourth-order valence-electron chi connectivity index (χ4n) is 1.46. The zero-order valence-electron chi connectivity index (χ0n) is 10.8. The van der Waals surface area contributed by atoms with Gasteiger partial charge in [0.25, 0.3) is 0 Å². The Bertz CT molecular complexity index is 397. The summed E-state index contributed by atoms with van der Waals surface area (Å²) in [7, 11) is 1.61. The van der Waals surface area contributed by atoms with Crippen LogP contribution >= 0.6 is 0 Å². The summed E-state index contributed by atoms with van der Waals surface area (Å²) >= 11 is 0. The van der Waals surface area contributed by atoms with Crippen molar-refractivity contribution in [3.63, 3.8) is 0 Å². The minimum Gasteiger partial charge on any atom is -0.385 e. The van der Waals surface area contributed by atoms with Gasteiger partial charge in [0.15, 0.2) is 0 Å². The van der Waals surface area contributed by atoms with E-state index in [-0.39, 0.29) is 18.3 Å². The molecule has 0 bridgehead atoms. The number of halogens is 1. The molecule has 0 saturated heterocycles. The molecule has 0 unspecified atom stereocenters. The molecule has 5 heteroatoms. The Balaban J connectivity index is 2.31. The van der Waals surface area contributed by atoms with Gasteiger partial charge in [0.1, 0.15) is 5.82 Å². The van der Waals surface area contributed by atoms with Crippen LogP contribution in [0.4, 0.5) is 10.1 Å². The lowest BCUT2D eigenvalue weighted by molar-refractivity contribution is -0.119. The molecule has 0 radical (unpaired) electrons. The van der Waals surface area contributed by atoms with E-state index in [1.807, 2.05) is 6.92 Å². The molecular weight excluding hydrogens is 235 g/mol. The van der Waals surface area contributed by atoms with Crippen LogP contribution in [0.1, 0.15) is 12.0 Å². The van der Waals surface area contributed by atoms with Gasteiger partial charge in [0.05, 0.1) is 12.2 Å². The van der Waals surface area contributed by atoms with Gasteiger partial charge in [-0.25, -0.2) is 4.39 Å². The van der Waals surface area contributed by atoms with Crippen LogP contribution < -0.4 is 10.6 Å². The van der Waals surface area contributed by atoms with Crippen molar-refractivity contribution in [1.29, 1.82) is 0 Å². The highest BCUT2D eigenvalue weighted by atomic mass is 19.1. The maximum Gasteiger partial charge on any atom is 0.239 e. The molecule has 100 valence electrons. The normalized spacial score (nSPS) is 10.2. The number of aryl methyl sites for hydroxylation is 1. The highest BCUT2D eigenvalue weighted by molar-refractivity contribution is 5.80. The highest BCUT2D eigenvalue weighted by Crippen LogP contribution is 2.14. The number of methoxy groups -OCH3 is 1. The molecule has 18 heavy (non-hydrogen) atoms. The second kappa shape index (κ2) is 7.66. The first kappa shape index (κ1) is 14.4. The number of carbonyl (C=O) groups excluding carboxylic acids is 1. The van der Waals surface area contributed by atoms with Crippen LogP contribution in [0.2, 0.25) is 0 Å². The Morgan fingerprint density at radius 1 is 1.44 bits per heavy atom. The number of hydrogen-bond donors (Lipinski definition) is 2. The van der Waals surface area contributed by atoms with Crippen molar-refractivity contribution in [2.75, 3.05) is 32.1 Å². The van der Waals surface area contributed by atoms with E-state index < -0.39 is 0 Å². The summed E-state index contributed by atoms with van der Waals surface area (Å²) in [6.07, 6.45) is 0.765. The largest absolute Gasteiger partial charge is 0.385 e. The third-order valence-corrected chi connectivity index (χ3v) is 2.41. The van der Waals surface area contributed by atoms with E-state index in [0.29, 0.717) is 18.8 Å². The average Bonchev–Trinajstić information content (AvgIpc) is 2.36. The fourth-order valence-corrected chi connectivity index (χ4v) is 1.46. The summed E-state index contributed by atoms with van der Waals surface area (Å²) in [5.41, 5.74) is 1.29. The third kappa shape index (κ3) is 5.14. The smallest absolute Gasteiger partial charge is 0.239 e. The Hall–Kier alpha value is -1.62. The molecule has 0 aliphatic rings. The number of ether oxygens (including phenoxy) is 1. The van der Waals surface area contributed by atoms with Crippen LogP contribution in [0.5, 0.6) is 0 Å². The SMILES string of the molecule is COCCCNC(=O)CNc1cc(C)ccc1F. The lowest BCUT2D eigenvalue weighted by Crippen LogP contribution is -2.31. The molecule has 0 saturated carbocycles. The molecule has 1 aromatic carbocycles. The minimum atomic E-state index is -0.354. The molecule has 0 aromatic heterocycles. The van der Waals surface area contributed by atoms with Gasteiger partial charge >= 0.3 is 0 Å². The van der Waals surface area contributed by atoms with Crippen molar-refractivity contribution in [1.82, 2.24) is 5.32 Å². The Morgan fingerprint density at radius 2 is 2.22 bits per heavy atom. The lowest BCUT2D eigenvalue weighted by Gasteiger charge is -2.09. The standard InChI is InChI=1S/C13H19FN2O2/c1-10-4-5-11(14)12(8-10)16-9-13(17)15-6-3-7-18-2/h4-5,8,16H,3,6-7,9H2,1-2H3,(H,15,17). The van der Waals surface area contributed by atoms with Crippen molar-refractivity contribution >= 4 is 11.6 Å². The zero-order chi connectivity index (χ0) is 13.4. The quantitative estimate of drug-likeness (QED) is 0.728. The van der Waals surface area contributed by atoms with E-state index in [1.54, 1.807) is 19.2 Å². The molecule has 0 atom stereocenters. The summed E-state index contributed by atoms with van der Waals surface area (Å²) in [5, 5.41) is 5.49. The molecule has 1 amide bonds. The summed E-state index contributed by atoms with van der Waals surface area (Å²) < 4.78 is 18.2. The van der Waals surface area contributed by atoms with Gasteiger partial charge in [-0.1, -0.05) is 6.07 Å². The van der Waals surface area contributed by atoms with Gasteiger partial charge < -0.3 is 15.4 Å². The predicted molar refractivity (Wildman–Crippen MR) is 69.1 cm³/mol. The van der Waals surface area contributed by atoms with Gasteiger partial charge in [0, 0.05) is 20.3 Å². The maximum atomic E-state index is 13.4. The molecule has 0 aliphatic heterocycles. The van der Waals surface area contributed by atoms with Crippen molar-refractivity contribution < 1.29 is 13.9 Å². The van der Waals surface area contributed by atoms with Crippen LogP contribution in [0.15, 0.2) is 18.2 Å². The van der Waals surface area contributed by atoms with E-state index in [4.69, 9.17) is 4.74 Å². The van der Waals surface area contributed by atoms with Crippen LogP contribution in [0.3, 0.4) is 0 Å². The number of amides is 1. The van der Waals surface area contributed by atoms with Gasteiger partial charge in [-0.15, -0.1) is 0 Å². The summed E-state index contributed by atoms with van der Waals surface area (Å²) in [6, 6.07) is 4.74. The Kier molecular flexibility index (Phi) is 6.14. The summed E-state index contributed by atoms with van der Waals surface area (Å²) in [4.78, 5) is 11.4. The highest BCUT2D eigenvalue weighted by Gasteiger charge is 2.04. The topological polar surface area (TPSA) is 50.4 Å². The van der Waals surface area contributed by atoms with Crippen LogP contribution in [0.25, 0.3) is 0 Å². The fraction of sp³-hybridized carbons (Fsp3) is 0.462. The maximum absolute atomic E-state index is 13.4. The second-order valence-corrected chi connectivity index (χ2v) is 4.03. The molecule has 0 heterocycles. The number of anilines is 1. The predicted octanol–water partition coefficient (Wildman–Crippen LogP) is 1.70. The molecule has 4 nitrogen and oxygen atoms in total. The van der Waals surface area contributed by atoms with Gasteiger partial charge in [0.2, 0.25) is 5.91 Å². The summed E-state index contributed by atoms with van der Waals surface area (Å²) in [5.74, 6) is -0.514. The molecule has 1 aromatic rings. The van der Waals surface area contributed by atoms with Gasteiger partial charge in [-0.2, -0.15) is 0 Å². The number of hydrogen-bond acceptors (Lipinski definition) is 3. The Labute approximate surface area is 107 Å². The van der Waals surface area contributed by atoms with E-state index >= 15 is 0 Å². The van der Waals surface area contributed by atoms with E-state index in [9.17, 15) is 9.18 Å². The molecule has 1 rings (SSSR count). The monoisotopic (exact) mass is 254 g/mol. The molecular formula is C13H19FN2O2. The molecule has 2 N–H and O–H groups in total. The van der Waals surface area contributed by atoms with E-state index in [2.05, 4.69) is 10.6 Å². The first-order valence-corrected chi connectivity index (χ1v) is 5.89. The number of carbonyl (C=O) groups is 1. The van der Waals surface area contributed by atoms with Gasteiger partial charge in [-0.3, -0.25) is 4.79 Å². The second-order valence-electron chi connectivity index (χ2n) is 4.03. The van der Waals surface area contributed by atoms with E-state index in [1.165, 1.54) is 6.07 Å². The molecule has 0 aliphatic carbocycles. The minimum absolute atomic E-state index is 0.0629. The van der Waals surface area contributed by atoms with Crippen LogP contribution in [0, 0.1) is 12.7 Å². The van der Waals surface area contributed by atoms with Crippen molar-refractivity contribution in [3.8, 4) is 0 Å². The van der Waals surface area contributed by atoms with Crippen molar-refractivity contribution in [3.05, 3.63) is 29.6 Å². The number of nitrogens with one attached hydrogen (secondary N) is 2.